The number of anilines is 5. The number of rotatable bonds is 16. The number of aliphatic hydroxyl groups is 1. The molecule has 18 aromatic rings. The fourth-order valence-electron chi connectivity index (χ4n) is 15.4. The van der Waals surface area contributed by atoms with Crippen LogP contribution in [0.25, 0.3) is 88.9 Å². The summed E-state index contributed by atoms with van der Waals surface area (Å²) in [5, 5.41) is 51.6. The number of aromatic nitrogens is 20. The maximum atomic E-state index is 12.7. The summed E-state index contributed by atoms with van der Waals surface area (Å²) < 4.78 is 43.4. The Morgan fingerprint density at radius 1 is 0.449 bits per heavy atom. The number of benzene rings is 8. The molecule has 3 unspecified atom stereocenters. The Morgan fingerprint density at radius 3 is 1.22 bits per heavy atom. The maximum absolute atomic E-state index is 12.7. The number of fused-ring (bicyclic) bond motifs is 5. The van der Waals surface area contributed by atoms with E-state index in [2.05, 4.69) is 110 Å². The number of hydrogen-bond donors (Lipinski definition) is 10. The number of alkyl halides is 2. The number of nitrogens with one attached hydrogen (secondary N) is 3. The van der Waals surface area contributed by atoms with Crippen LogP contribution >= 0.6 is 45.8 Å². The minimum absolute atomic E-state index is 0.00566. The van der Waals surface area contributed by atoms with Gasteiger partial charge in [-0.3, -0.25) is 20.1 Å². The first kappa shape index (κ1) is 106. The van der Waals surface area contributed by atoms with Crippen LogP contribution < -0.4 is 52.3 Å². The molecule has 40 nitrogen and oxygen atoms in total. The summed E-state index contributed by atoms with van der Waals surface area (Å²) in [5.41, 5.74) is 36.6. The van der Waals surface area contributed by atoms with E-state index in [4.69, 9.17) is 100 Å². The van der Waals surface area contributed by atoms with Gasteiger partial charge in [0.15, 0.2) is 28.2 Å². The van der Waals surface area contributed by atoms with Crippen LogP contribution in [0.2, 0.25) is 0 Å². The molecule has 13 heterocycles. The molecule has 147 heavy (non-hydrogen) atoms. The molecule has 3 amide bonds. The molecule has 21 rings (SSSR count). The third-order valence-electron chi connectivity index (χ3n) is 22.0. The first-order valence-electron chi connectivity index (χ1n) is 46.6. The van der Waals surface area contributed by atoms with Crippen molar-refractivity contribution in [2.24, 2.45) is 0 Å². The van der Waals surface area contributed by atoms with Crippen molar-refractivity contribution in [3.8, 4) is 85.5 Å². The normalized spacial score (nSPS) is 14.3. The maximum Gasteiger partial charge on any atom is 0.569 e. The SMILES string of the molecule is C=CC(=O)N1CCCC(n2nc(-c3ccc(Oc4ccccc4)cc3)c3c(N)ncnc32)C1.CC(C)(C)OC(=O)N1CCCC(O)C1.CC(C)(C)OC(=O)N1CCCC(n2nc(-c3ccc(Oc4ccccc4)cc3)c3c(N)ncnc32)C1.CC(Cl)Cl.Nc1ncnc2[nH]ncc12.Nc1ncnc2n[nH]c(-c3ccc(Oc4ccccc4)cc3)c12.Nc1ncnc2n[nH]c(I)c12.O[B]Oc1ccc(Oc2ccccc2)cc1. The molecular formula is C103H109BCl2IN28O12. The van der Waals surface area contributed by atoms with E-state index >= 15 is 0 Å². The molecule has 8 aromatic carbocycles. The monoisotopic (exact) mass is 2140 g/mol. The van der Waals surface area contributed by atoms with E-state index in [9.17, 15) is 19.5 Å². The molecule has 757 valence electrons. The molecule has 10 aromatic heterocycles. The van der Waals surface area contributed by atoms with Crippen LogP contribution in [-0.2, 0) is 14.3 Å². The van der Waals surface area contributed by atoms with Crippen molar-refractivity contribution in [1.29, 1.82) is 0 Å². The Bertz CT molecular complexity index is 7350. The summed E-state index contributed by atoms with van der Waals surface area (Å²) in [6, 6.07) is 68.4. The second kappa shape index (κ2) is 50.7. The second-order valence-corrected chi connectivity index (χ2v) is 37.7. The van der Waals surface area contributed by atoms with E-state index < -0.39 is 17.3 Å². The van der Waals surface area contributed by atoms with Crippen LogP contribution in [0.15, 0.2) is 269 Å². The van der Waals surface area contributed by atoms with Crippen molar-refractivity contribution in [3.63, 3.8) is 0 Å². The number of H-pyrrole nitrogens is 3. The molecule has 1 radical (unpaired) electrons. The molecule has 3 atom stereocenters. The Hall–Kier alpha value is -16.4. The van der Waals surface area contributed by atoms with Gasteiger partial charge in [0.05, 0.1) is 57.0 Å². The van der Waals surface area contributed by atoms with E-state index in [0.29, 0.717) is 132 Å². The average Bonchev–Trinajstić information content (AvgIpc) is 1.61. The Morgan fingerprint density at radius 2 is 0.803 bits per heavy atom. The molecule has 3 fully saturated rings. The number of carbonyl (C=O) groups excluding carboxylic acids is 3. The van der Waals surface area contributed by atoms with Gasteiger partial charge in [-0.1, -0.05) is 79.4 Å². The Labute approximate surface area is 869 Å². The smallest absolute Gasteiger partial charge is 0.537 e. The predicted molar refractivity (Wildman–Crippen MR) is 573 cm³/mol. The number of para-hydroxylation sites is 4. The number of β-amino-alcohol motifs (C(OH)–C–C–N with tert-alkyl or cyclic N) is 1. The van der Waals surface area contributed by atoms with E-state index in [1.165, 1.54) is 37.7 Å². The van der Waals surface area contributed by atoms with Crippen molar-refractivity contribution in [2.45, 2.75) is 121 Å². The molecule has 3 aliphatic heterocycles. The van der Waals surface area contributed by atoms with Crippen molar-refractivity contribution in [2.75, 3.05) is 67.9 Å². The minimum Gasteiger partial charge on any atom is -0.537 e. The number of hydrogen-bond acceptors (Lipinski definition) is 32. The molecule has 0 saturated carbocycles. The number of nitrogens with zero attached hydrogens (tertiary/aromatic N) is 20. The molecule has 3 aliphatic rings. The lowest BCUT2D eigenvalue weighted by Gasteiger charge is -2.34. The zero-order chi connectivity index (χ0) is 104. The Balaban J connectivity index is 0.000000141. The highest BCUT2D eigenvalue weighted by molar-refractivity contribution is 14.1. The topological polar surface area (TPSA) is 547 Å². The van der Waals surface area contributed by atoms with Crippen LogP contribution in [0.5, 0.6) is 51.7 Å². The number of nitrogens with two attached hydrogens (primary N) is 5. The zero-order valence-electron chi connectivity index (χ0n) is 81.3. The molecule has 0 bridgehead atoms. The molecular weight excluding hydrogens is 2030 g/mol. The fourth-order valence-corrected chi connectivity index (χ4v) is 16.0. The number of aliphatic hydroxyl groups excluding tert-OH is 1. The van der Waals surface area contributed by atoms with Crippen molar-refractivity contribution in [3.05, 3.63) is 273 Å². The average molecular weight is 2140 g/mol. The number of likely N-dealkylation sites (tertiary alicyclic amines) is 3. The van der Waals surface area contributed by atoms with E-state index in [1.807, 2.05) is 245 Å². The van der Waals surface area contributed by atoms with Gasteiger partial charge in [0.2, 0.25) is 5.91 Å². The van der Waals surface area contributed by atoms with Gasteiger partial charge in [-0.05, 0) is 261 Å². The lowest BCUT2D eigenvalue weighted by Crippen LogP contribution is -2.44. The number of amides is 3. The predicted octanol–water partition coefficient (Wildman–Crippen LogP) is 19.1. The van der Waals surface area contributed by atoms with E-state index in [1.54, 1.807) is 52.1 Å². The quantitative estimate of drug-likeness (QED) is 0.0186. The molecule has 15 N–H and O–H groups in total. The highest BCUT2D eigenvalue weighted by Crippen LogP contribution is 2.40. The largest absolute Gasteiger partial charge is 0.569 e. The van der Waals surface area contributed by atoms with Crippen molar-refractivity contribution >= 4 is 156 Å². The van der Waals surface area contributed by atoms with Gasteiger partial charge < -0.3 is 86.6 Å². The summed E-state index contributed by atoms with van der Waals surface area (Å²) >= 11 is 12.2. The second-order valence-electron chi connectivity index (χ2n) is 35.1. The molecule has 3 saturated heterocycles. The third kappa shape index (κ3) is 29.7. The highest BCUT2D eigenvalue weighted by atomic mass is 127. The van der Waals surface area contributed by atoms with Gasteiger partial charge in [0.1, 0.15) is 144 Å². The standard InChI is InChI=1S/C27H30N6O3.C25H24N6O2.C17H13N5O.C12H10BO3.C10H19NO3.C5H4IN5.C5H5N5.C2H4Cl2/c1-27(2,3)36-26(34)32-15-7-8-19(16-32)33-25-22(24(28)29-17-30-25)23(31-33)18-11-13-21(14-12-18)35-20-9-5-4-6-10-20;1-2-21(32)30-14-6-7-18(15-30)31-25-22(24(26)27-16-28-25)23(29-31)17-10-12-20(13-11-17)33-19-8-4-3-5-9-19;18-16-14-15(21-22-17(14)20-10-19-16)11-6-8-13(9-7-11)23-12-4-2-1-3-5-12;14-13-16-12-8-6-11(7-9-12)15-10-4-2-1-3-5-10;1-10(2,3)14-9(13)11-6-4-5-8(12)7-11;6-3-2-4(7)8-1-9-5(2)11-10-3;6-4-3-1-9-10-5(3)8-2-7-4;1-2(3)4/h4-6,9-14,17,19H,7-8,15-16H2,1-3H3,(H2,28,29,30);2-5,8-13,16,18H,1,6-7,14-15H2,(H2,26,27,28);1-10H,(H3,18,19,20,21,22);1-9,14H;8,12H,4-7H2,1-3H3;1H,(H3,7,8,9,10,11);1-2H,(H3,6,7,8,9,10);2H,1H3. The van der Waals surface area contributed by atoms with Crippen LogP contribution in [0.4, 0.5) is 38.7 Å². The summed E-state index contributed by atoms with van der Waals surface area (Å²) in [4.78, 5) is 82.3. The van der Waals surface area contributed by atoms with Gasteiger partial charge >= 0.3 is 19.9 Å². The van der Waals surface area contributed by atoms with Crippen LogP contribution in [0.1, 0.15) is 99.1 Å². The number of nitrogen functional groups attached to an aromatic ring is 5. The lowest BCUT2D eigenvalue weighted by atomic mass is 10.1. The van der Waals surface area contributed by atoms with Gasteiger partial charge in [-0.25, -0.2) is 68.8 Å². The summed E-state index contributed by atoms with van der Waals surface area (Å²) in [5.74, 6) is 8.60. The van der Waals surface area contributed by atoms with E-state index in [-0.39, 0.29) is 35.0 Å². The first-order chi connectivity index (χ1) is 70.9. The third-order valence-corrected chi connectivity index (χ3v) is 22.8. The minimum atomic E-state index is -0.548. The number of aromatic amines is 3. The molecule has 0 aliphatic carbocycles. The van der Waals surface area contributed by atoms with Crippen molar-refractivity contribution in [1.82, 2.24) is 115 Å². The summed E-state index contributed by atoms with van der Waals surface area (Å²) in [6.07, 6.45) is 14.1. The molecule has 0 spiro atoms. The summed E-state index contributed by atoms with van der Waals surface area (Å²) in [6.45, 7) is 19.9. The van der Waals surface area contributed by atoms with Crippen LogP contribution in [0, 0.1) is 3.70 Å². The van der Waals surface area contributed by atoms with E-state index in [0.717, 1.165) is 127 Å². The summed E-state index contributed by atoms with van der Waals surface area (Å²) in [7, 11) is 0.646. The highest BCUT2D eigenvalue weighted by Gasteiger charge is 2.34. The van der Waals surface area contributed by atoms with Crippen molar-refractivity contribution < 1.29 is 57.6 Å². The van der Waals surface area contributed by atoms with Crippen LogP contribution in [0.3, 0.4) is 0 Å². The Kier molecular flexibility index (Phi) is 36.7. The number of ether oxygens (including phenoxy) is 6. The fraction of sp³-hybridized carbons (Fsp3) is 0.243. The number of halogens is 3. The zero-order valence-corrected chi connectivity index (χ0v) is 85.0. The lowest BCUT2D eigenvalue weighted by molar-refractivity contribution is -0.127. The van der Waals surface area contributed by atoms with Gasteiger partial charge in [-0.2, -0.15) is 25.5 Å². The number of carbonyl (C=O) groups is 3. The van der Waals surface area contributed by atoms with Gasteiger partial charge in [0.25, 0.3) is 0 Å². The number of piperidine rings is 3. The first-order valence-corrected chi connectivity index (χ1v) is 48.6. The van der Waals surface area contributed by atoms with Gasteiger partial charge in [-0.15, -0.1) is 23.2 Å². The van der Waals surface area contributed by atoms with Gasteiger partial charge in [0, 0.05) is 56.0 Å². The molecule has 44 heteroatoms. The van der Waals surface area contributed by atoms with Crippen LogP contribution in [-0.4, -0.2) is 212 Å².